The standard InChI is InChI=1S/C16H15F2N/c17-13-8-12(9-14(18)10-13)15-6-7-19-16(15)11-4-2-1-3-5-11/h1-5,8-10,15-16,19H,6-7H2. The topological polar surface area (TPSA) is 12.0 Å². The van der Waals surface area contributed by atoms with Gasteiger partial charge in [0.05, 0.1) is 0 Å². The summed E-state index contributed by atoms with van der Waals surface area (Å²) in [5, 5.41) is 3.42. The molecule has 1 nitrogen and oxygen atoms in total. The largest absolute Gasteiger partial charge is 0.309 e. The predicted octanol–water partition coefficient (Wildman–Crippen LogP) is 3.78. The molecule has 98 valence electrons. The van der Waals surface area contributed by atoms with Gasteiger partial charge in [-0.1, -0.05) is 30.3 Å². The lowest BCUT2D eigenvalue weighted by molar-refractivity contribution is 0.549. The zero-order chi connectivity index (χ0) is 13.2. The maximum Gasteiger partial charge on any atom is 0.126 e. The quantitative estimate of drug-likeness (QED) is 0.865. The predicted molar refractivity (Wildman–Crippen MR) is 70.9 cm³/mol. The van der Waals surface area contributed by atoms with Gasteiger partial charge in [-0.2, -0.15) is 0 Å². The third-order valence-corrected chi connectivity index (χ3v) is 3.69. The van der Waals surface area contributed by atoms with Crippen LogP contribution in [0, 0.1) is 11.6 Å². The highest BCUT2D eigenvalue weighted by Gasteiger charge is 2.29. The molecule has 0 spiro atoms. The minimum absolute atomic E-state index is 0.118. The average Bonchev–Trinajstić information content (AvgIpc) is 2.88. The summed E-state index contributed by atoms with van der Waals surface area (Å²) in [6, 6.07) is 14.0. The maximum atomic E-state index is 13.4. The zero-order valence-electron chi connectivity index (χ0n) is 10.4. The number of halogens is 2. The van der Waals surface area contributed by atoms with Crippen LogP contribution in [0.25, 0.3) is 0 Å². The fourth-order valence-electron chi connectivity index (χ4n) is 2.86. The summed E-state index contributed by atoms with van der Waals surface area (Å²) in [5.41, 5.74) is 1.89. The molecule has 0 amide bonds. The van der Waals surface area contributed by atoms with Crippen LogP contribution in [-0.4, -0.2) is 6.54 Å². The molecule has 1 aliphatic rings. The van der Waals surface area contributed by atoms with Gasteiger partial charge in [-0.3, -0.25) is 0 Å². The van der Waals surface area contributed by atoms with Crippen LogP contribution in [0.5, 0.6) is 0 Å². The van der Waals surface area contributed by atoms with Gasteiger partial charge in [0.15, 0.2) is 0 Å². The second kappa shape index (κ2) is 5.10. The molecule has 1 fully saturated rings. The first-order valence-corrected chi connectivity index (χ1v) is 6.48. The van der Waals surface area contributed by atoms with Crippen molar-refractivity contribution in [3.63, 3.8) is 0 Å². The molecule has 0 bridgehead atoms. The van der Waals surface area contributed by atoms with E-state index in [4.69, 9.17) is 0 Å². The van der Waals surface area contributed by atoms with Gasteiger partial charge in [0.25, 0.3) is 0 Å². The van der Waals surface area contributed by atoms with Crippen molar-refractivity contribution < 1.29 is 8.78 Å². The molecule has 3 rings (SSSR count). The second-order valence-corrected chi connectivity index (χ2v) is 4.94. The van der Waals surface area contributed by atoms with Crippen LogP contribution in [0.3, 0.4) is 0 Å². The summed E-state index contributed by atoms with van der Waals surface area (Å²) in [7, 11) is 0. The van der Waals surface area contributed by atoms with Crippen molar-refractivity contribution in [1.82, 2.24) is 5.32 Å². The summed E-state index contributed by atoms with van der Waals surface area (Å²) in [6.45, 7) is 0.863. The summed E-state index contributed by atoms with van der Waals surface area (Å²) in [5.74, 6) is -0.893. The molecule has 2 aromatic carbocycles. The third-order valence-electron chi connectivity index (χ3n) is 3.69. The van der Waals surface area contributed by atoms with E-state index >= 15 is 0 Å². The molecule has 0 radical (unpaired) electrons. The third kappa shape index (κ3) is 2.51. The fraction of sp³-hybridized carbons (Fsp3) is 0.250. The Kier molecular flexibility index (Phi) is 3.30. The van der Waals surface area contributed by atoms with Gasteiger partial charge < -0.3 is 5.32 Å². The SMILES string of the molecule is Fc1cc(F)cc(C2CCNC2c2ccccc2)c1. The Hall–Kier alpha value is -1.74. The molecular weight excluding hydrogens is 244 g/mol. The highest BCUT2D eigenvalue weighted by Crippen LogP contribution is 2.37. The summed E-state index contributed by atoms with van der Waals surface area (Å²) in [6.07, 6.45) is 0.891. The summed E-state index contributed by atoms with van der Waals surface area (Å²) >= 11 is 0. The van der Waals surface area contributed by atoms with Gasteiger partial charge >= 0.3 is 0 Å². The minimum Gasteiger partial charge on any atom is -0.309 e. The Balaban J connectivity index is 1.95. The van der Waals surface area contributed by atoms with Crippen molar-refractivity contribution in [2.75, 3.05) is 6.54 Å². The molecule has 0 saturated carbocycles. The Morgan fingerprint density at radius 1 is 0.895 bits per heavy atom. The van der Waals surface area contributed by atoms with E-state index in [2.05, 4.69) is 5.32 Å². The highest BCUT2D eigenvalue weighted by molar-refractivity contribution is 5.30. The van der Waals surface area contributed by atoms with Crippen molar-refractivity contribution >= 4 is 0 Å². The van der Waals surface area contributed by atoms with E-state index in [-0.39, 0.29) is 12.0 Å². The molecule has 1 N–H and O–H groups in total. The van der Waals surface area contributed by atoms with Crippen LogP contribution < -0.4 is 5.32 Å². The first kappa shape index (κ1) is 12.3. The highest BCUT2D eigenvalue weighted by atomic mass is 19.1. The van der Waals surface area contributed by atoms with Crippen LogP contribution in [0.1, 0.15) is 29.5 Å². The van der Waals surface area contributed by atoms with Crippen molar-refractivity contribution in [2.45, 2.75) is 18.4 Å². The van der Waals surface area contributed by atoms with Crippen LogP contribution in [0.4, 0.5) is 8.78 Å². The molecule has 19 heavy (non-hydrogen) atoms. The van der Waals surface area contributed by atoms with Gasteiger partial charge in [0.1, 0.15) is 11.6 Å². The molecular formula is C16H15F2N. The van der Waals surface area contributed by atoms with Crippen LogP contribution >= 0.6 is 0 Å². The van der Waals surface area contributed by atoms with Gasteiger partial charge in [0, 0.05) is 18.0 Å². The molecule has 0 aliphatic carbocycles. The molecule has 0 aromatic heterocycles. The van der Waals surface area contributed by atoms with Crippen LogP contribution in [-0.2, 0) is 0 Å². The van der Waals surface area contributed by atoms with Gasteiger partial charge in [-0.25, -0.2) is 8.78 Å². The molecule has 1 heterocycles. The lowest BCUT2D eigenvalue weighted by Gasteiger charge is -2.20. The summed E-state index contributed by atoms with van der Waals surface area (Å²) in [4.78, 5) is 0. The Morgan fingerprint density at radius 2 is 1.58 bits per heavy atom. The monoisotopic (exact) mass is 259 g/mol. The number of hydrogen-bond acceptors (Lipinski definition) is 1. The zero-order valence-corrected chi connectivity index (χ0v) is 10.4. The molecule has 2 atom stereocenters. The lowest BCUT2D eigenvalue weighted by Crippen LogP contribution is -2.17. The van der Waals surface area contributed by atoms with E-state index in [1.54, 1.807) is 0 Å². The van der Waals surface area contributed by atoms with E-state index < -0.39 is 11.6 Å². The normalized spacial score (nSPS) is 22.6. The number of benzene rings is 2. The Labute approximate surface area is 111 Å². The number of rotatable bonds is 2. The van der Waals surface area contributed by atoms with Crippen molar-refractivity contribution in [3.05, 3.63) is 71.3 Å². The van der Waals surface area contributed by atoms with Crippen LogP contribution in [0.2, 0.25) is 0 Å². The van der Waals surface area contributed by atoms with E-state index in [1.165, 1.54) is 12.1 Å². The number of hydrogen-bond donors (Lipinski definition) is 1. The second-order valence-electron chi connectivity index (χ2n) is 4.94. The number of nitrogens with one attached hydrogen (secondary N) is 1. The van der Waals surface area contributed by atoms with E-state index in [9.17, 15) is 8.78 Å². The molecule has 3 heteroatoms. The lowest BCUT2D eigenvalue weighted by atomic mass is 9.88. The van der Waals surface area contributed by atoms with E-state index in [0.29, 0.717) is 0 Å². The van der Waals surface area contributed by atoms with Gasteiger partial charge in [0.2, 0.25) is 0 Å². The molecule has 2 aromatic rings. The van der Waals surface area contributed by atoms with Crippen molar-refractivity contribution in [2.24, 2.45) is 0 Å². The maximum absolute atomic E-state index is 13.4. The van der Waals surface area contributed by atoms with Crippen molar-refractivity contribution in [1.29, 1.82) is 0 Å². The molecule has 1 saturated heterocycles. The van der Waals surface area contributed by atoms with Gasteiger partial charge in [-0.05, 0) is 36.2 Å². The Bertz CT molecular complexity index is 548. The molecule has 1 aliphatic heterocycles. The smallest absolute Gasteiger partial charge is 0.126 e. The molecule has 2 unspecified atom stereocenters. The minimum atomic E-state index is -0.506. The summed E-state index contributed by atoms with van der Waals surface area (Å²) < 4.78 is 26.7. The van der Waals surface area contributed by atoms with Crippen molar-refractivity contribution in [3.8, 4) is 0 Å². The first-order chi connectivity index (χ1) is 9.24. The van der Waals surface area contributed by atoms with Gasteiger partial charge in [-0.15, -0.1) is 0 Å². The Morgan fingerprint density at radius 3 is 2.26 bits per heavy atom. The van der Waals surface area contributed by atoms with E-state index in [1.807, 2.05) is 30.3 Å². The fourth-order valence-corrected chi connectivity index (χ4v) is 2.86. The average molecular weight is 259 g/mol. The van der Waals surface area contributed by atoms with E-state index in [0.717, 1.165) is 30.2 Å². The van der Waals surface area contributed by atoms with Crippen LogP contribution in [0.15, 0.2) is 48.5 Å². The first-order valence-electron chi connectivity index (χ1n) is 6.48.